The highest BCUT2D eigenvalue weighted by atomic mass is 32.1. The van der Waals surface area contributed by atoms with Crippen molar-refractivity contribution in [1.82, 2.24) is 20.1 Å². The van der Waals surface area contributed by atoms with Crippen LogP contribution in [0.4, 0.5) is 0 Å². The Kier molecular flexibility index (Phi) is 5.34. The Morgan fingerprint density at radius 2 is 1.96 bits per heavy atom. The minimum atomic E-state index is -0.0582. The summed E-state index contributed by atoms with van der Waals surface area (Å²) in [5.41, 5.74) is 2.10. The van der Waals surface area contributed by atoms with Crippen LogP contribution < -0.4 is 5.32 Å². The van der Waals surface area contributed by atoms with Crippen molar-refractivity contribution in [2.75, 3.05) is 0 Å². The summed E-state index contributed by atoms with van der Waals surface area (Å²) in [7, 11) is 0. The predicted octanol–water partition coefficient (Wildman–Crippen LogP) is 2.99. The fourth-order valence-corrected chi connectivity index (χ4v) is 3.52. The third-order valence-electron chi connectivity index (χ3n) is 4.43. The molecule has 2 aromatic rings. The number of benzene rings is 1. The molecule has 1 amide bonds. The van der Waals surface area contributed by atoms with E-state index in [0.717, 1.165) is 18.4 Å². The van der Waals surface area contributed by atoms with E-state index in [4.69, 9.17) is 17.0 Å². The molecule has 2 atom stereocenters. The number of aromatic amines is 1. The zero-order valence-electron chi connectivity index (χ0n) is 14.8. The summed E-state index contributed by atoms with van der Waals surface area (Å²) < 4.78 is 7.90. The van der Waals surface area contributed by atoms with E-state index in [1.165, 1.54) is 5.56 Å². The highest BCUT2D eigenvalue weighted by molar-refractivity contribution is 7.71. The maximum Gasteiger partial charge on any atom is 0.240 e. The molecule has 2 unspecified atom stereocenters. The Bertz CT molecular complexity index is 786. The van der Waals surface area contributed by atoms with Gasteiger partial charge in [0.2, 0.25) is 5.91 Å². The average molecular weight is 360 g/mol. The van der Waals surface area contributed by atoms with E-state index >= 15 is 0 Å². The van der Waals surface area contributed by atoms with Gasteiger partial charge in [0.25, 0.3) is 0 Å². The molecule has 3 rings (SSSR count). The van der Waals surface area contributed by atoms with Gasteiger partial charge in [0.05, 0.1) is 12.2 Å². The number of aryl methyl sites for hydroxylation is 1. The van der Waals surface area contributed by atoms with E-state index in [0.29, 0.717) is 10.6 Å². The fourth-order valence-electron chi connectivity index (χ4n) is 3.33. The monoisotopic (exact) mass is 360 g/mol. The van der Waals surface area contributed by atoms with Gasteiger partial charge < -0.3 is 10.1 Å². The third kappa shape index (κ3) is 4.35. The molecule has 0 aliphatic carbocycles. The molecule has 1 aromatic heterocycles. The Morgan fingerprint density at radius 1 is 1.32 bits per heavy atom. The van der Waals surface area contributed by atoms with E-state index in [1.807, 2.05) is 45.0 Å². The van der Waals surface area contributed by atoms with Gasteiger partial charge in [-0.25, -0.2) is 0 Å². The maximum absolute atomic E-state index is 12.5. The van der Waals surface area contributed by atoms with E-state index in [2.05, 4.69) is 15.5 Å². The summed E-state index contributed by atoms with van der Waals surface area (Å²) in [5.74, 6) is 0.617. The second-order valence-electron chi connectivity index (χ2n) is 6.80. The first-order valence-corrected chi connectivity index (χ1v) is 9.00. The molecule has 1 aliphatic rings. The molecule has 6 nitrogen and oxygen atoms in total. The molecule has 1 aliphatic heterocycles. The zero-order chi connectivity index (χ0) is 18.0. The zero-order valence-corrected chi connectivity index (χ0v) is 15.6. The molecular weight excluding hydrogens is 336 g/mol. The van der Waals surface area contributed by atoms with Gasteiger partial charge >= 0.3 is 0 Å². The van der Waals surface area contributed by atoms with Crippen LogP contribution in [-0.2, 0) is 16.1 Å². The van der Waals surface area contributed by atoms with Crippen molar-refractivity contribution in [2.24, 2.45) is 0 Å². The second kappa shape index (κ2) is 7.49. The summed E-state index contributed by atoms with van der Waals surface area (Å²) in [5, 5.41) is 10.2. The molecule has 134 valence electrons. The van der Waals surface area contributed by atoms with E-state index in [1.54, 1.807) is 4.57 Å². The van der Waals surface area contributed by atoms with Crippen molar-refractivity contribution in [3.8, 4) is 11.4 Å². The number of nitrogens with one attached hydrogen (secondary N) is 2. The van der Waals surface area contributed by atoms with Gasteiger partial charge in [-0.15, -0.1) is 0 Å². The molecular formula is C18H24N4O2S. The quantitative estimate of drug-likeness (QED) is 0.822. The van der Waals surface area contributed by atoms with Gasteiger partial charge in [0, 0.05) is 11.6 Å². The summed E-state index contributed by atoms with van der Waals surface area (Å²) in [6, 6.07) is 8.13. The number of hydrogen-bond donors (Lipinski definition) is 2. The van der Waals surface area contributed by atoms with Crippen LogP contribution in [0.1, 0.15) is 32.3 Å². The van der Waals surface area contributed by atoms with Gasteiger partial charge in [0.15, 0.2) is 10.6 Å². The Morgan fingerprint density at radius 3 is 2.60 bits per heavy atom. The van der Waals surface area contributed by atoms with Crippen LogP contribution in [0.25, 0.3) is 11.4 Å². The number of nitrogens with zero attached hydrogens (tertiary/aromatic N) is 2. The smallest absolute Gasteiger partial charge is 0.240 e. The van der Waals surface area contributed by atoms with E-state index in [-0.39, 0.29) is 30.7 Å². The predicted molar refractivity (Wildman–Crippen MR) is 98.8 cm³/mol. The molecule has 7 heteroatoms. The van der Waals surface area contributed by atoms with Crippen molar-refractivity contribution in [2.45, 2.75) is 58.4 Å². The van der Waals surface area contributed by atoms with Crippen molar-refractivity contribution in [3.63, 3.8) is 0 Å². The minimum Gasteiger partial charge on any atom is -0.375 e. The number of carbonyl (C=O) groups is 1. The van der Waals surface area contributed by atoms with Crippen molar-refractivity contribution < 1.29 is 9.53 Å². The number of aromatic nitrogens is 3. The highest BCUT2D eigenvalue weighted by Crippen LogP contribution is 2.20. The fraction of sp³-hybridized carbons (Fsp3) is 0.500. The average Bonchev–Trinajstić information content (AvgIpc) is 2.88. The molecule has 2 heterocycles. The minimum absolute atomic E-state index is 0.0582. The first-order valence-electron chi connectivity index (χ1n) is 8.59. The van der Waals surface area contributed by atoms with Crippen LogP contribution in [0.5, 0.6) is 0 Å². The van der Waals surface area contributed by atoms with Gasteiger partial charge in [-0.3, -0.25) is 14.5 Å². The number of amides is 1. The molecule has 0 bridgehead atoms. The Labute approximate surface area is 152 Å². The van der Waals surface area contributed by atoms with Gasteiger partial charge in [-0.1, -0.05) is 29.8 Å². The highest BCUT2D eigenvalue weighted by Gasteiger charge is 2.25. The largest absolute Gasteiger partial charge is 0.375 e. The molecule has 0 saturated carbocycles. The number of rotatable bonds is 4. The Hall–Kier alpha value is -1.99. The van der Waals surface area contributed by atoms with E-state index in [9.17, 15) is 4.79 Å². The molecule has 0 spiro atoms. The standard InChI is InChI=1S/C18H24N4O2S/c1-11-4-6-14(7-5-11)17-20-21-18(25)22(17)10-16(23)19-15-8-12(2)24-13(3)9-15/h4-7,12-13,15H,8-10H2,1-3H3,(H,19,23)(H,21,25). The SMILES string of the molecule is Cc1ccc(-c2n[nH]c(=S)n2CC(=O)NC2CC(C)OC(C)C2)cc1. The first-order chi connectivity index (χ1) is 11.9. The van der Waals surface area contributed by atoms with Gasteiger partial charge in [0.1, 0.15) is 6.54 Å². The van der Waals surface area contributed by atoms with Crippen LogP contribution in [0.15, 0.2) is 24.3 Å². The van der Waals surface area contributed by atoms with Crippen molar-refractivity contribution >= 4 is 18.1 Å². The topological polar surface area (TPSA) is 71.9 Å². The summed E-state index contributed by atoms with van der Waals surface area (Å²) in [6.07, 6.45) is 1.98. The lowest BCUT2D eigenvalue weighted by atomic mass is 10.00. The number of H-pyrrole nitrogens is 1. The number of carbonyl (C=O) groups excluding carboxylic acids is 1. The molecule has 1 saturated heterocycles. The van der Waals surface area contributed by atoms with Crippen LogP contribution >= 0.6 is 12.2 Å². The molecule has 1 fully saturated rings. The lowest BCUT2D eigenvalue weighted by Crippen LogP contribution is -2.44. The van der Waals surface area contributed by atoms with Crippen molar-refractivity contribution in [3.05, 3.63) is 34.6 Å². The second-order valence-corrected chi connectivity index (χ2v) is 7.18. The molecule has 2 N–H and O–H groups in total. The van der Waals surface area contributed by atoms with Gasteiger partial charge in [-0.2, -0.15) is 5.10 Å². The lowest BCUT2D eigenvalue weighted by molar-refractivity contribution is -0.124. The lowest BCUT2D eigenvalue weighted by Gasteiger charge is -2.32. The van der Waals surface area contributed by atoms with Gasteiger partial charge in [-0.05, 0) is 45.8 Å². The van der Waals surface area contributed by atoms with Crippen LogP contribution in [0.3, 0.4) is 0 Å². The van der Waals surface area contributed by atoms with Crippen molar-refractivity contribution in [1.29, 1.82) is 0 Å². The van der Waals surface area contributed by atoms with Crippen LogP contribution in [-0.4, -0.2) is 38.9 Å². The Balaban J connectivity index is 1.72. The normalized spacial score (nSPS) is 23.4. The molecule has 1 aromatic carbocycles. The number of ether oxygens (including phenoxy) is 1. The van der Waals surface area contributed by atoms with Crippen LogP contribution in [0.2, 0.25) is 0 Å². The first kappa shape index (κ1) is 17.8. The third-order valence-corrected chi connectivity index (χ3v) is 4.74. The molecule has 25 heavy (non-hydrogen) atoms. The summed E-state index contributed by atoms with van der Waals surface area (Å²) >= 11 is 5.30. The summed E-state index contributed by atoms with van der Waals surface area (Å²) in [4.78, 5) is 12.5. The maximum atomic E-state index is 12.5. The summed E-state index contributed by atoms with van der Waals surface area (Å²) in [6.45, 7) is 6.26. The molecule has 0 radical (unpaired) electrons. The number of hydrogen-bond acceptors (Lipinski definition) is 4. The van der Waals surface area contributed by atoms with Crippen LogP contribution in [0, 0.1) is 11.7 Å². The van der Waals surface area contributed by atoms with E-state index < -0.39 is 0 Å².